The van der Waals surface area contributed by atoms with Crippen molar-refractivity contribution >= 4 is 40.5 Å². The number of carboxylic acids is 1. The highest BCUT2D eigenvalue weighted by Gasteiger charge is 2.30. The molecule has 1 aliphatic carbocycles. The molecule has 3 atom stereocenters. The maximum Gasteiger partial charge on any atom is 0.344 e. The van der Waals surface area contributed by atoms with E-state index in [9.17, 15) is 4.79 Å². The lowest BCUT2D eigenvalue weighted by Crippen LogP contribution is -2.30. The number of carboxylic acid groups (broad SMARTS) is 1. The van der Waals surface area contributed by atoms with Crippen molar-refractivity contribution in [1.29, 1.82) is 0 Å². The second-order valence-corrected chi connectivity index (χ2v) is 6.13. The Morgan fingerprint density at radius 3 is 2.90 bits per heavy atom. The third-order valence-corrected chi connectivity index (χ3v) is 4.62. The van der Waals surface area contributed by atoms with Crippen LogP contribution in [0.15, 0.2) is 40.5 Å². The fraction of sp³-hybridized carbons (Fsp3) is 0.357. The largest absolute Gasteiger partial charge is 0.479 e. The number of alkyl halides is 1. The Kier molecular flexibility index (Phi) is 5.56. The summed E-state index contributed by atoms with van der Waals surface area (Å²) in [7, 11) is 0. The Labute approximate surface area is 136 Å². The molecule has 1 aliphatic rings. The van der Waals surface area contributed by atoms with E-state index in [4.69, 9.17) is 37.8 Å². The van der Waals surface area contributed by atoms with Crippen LogP contribution in [0.2, 0.25) is 0 Å². The van der Waals surface area contributed by atoms with Gasteiger partial charge < -0.3 is 14.6 Å². The van der Waals surface area contributed by atoms with Crippen LogP contribution in [0.5, 0.6) is 5.06 Å². The SMILES string of the molecule is CC[C@H](OC1=C(Cl)[C@H](Cl)[C@H](Oc2cccs2)C=C1)C(=O)O. The highest BCUT2D eigenvalue weighted by atomic mass is 35.5. The molecule has 0 saturated heterocycles. The average molecular weight is 349 g/mol. The molecule has 0 aromatic carbocycles. The van der Waals surface area contributed by atoms with Gasteiger partial charge in [-0.2, -0.15) is 0 Å². The minimum atomic E-state index is -1.04. The van der Waals surface area contributed by atoms with Gasteiger partial charge >= 0.3 is 5.97 Å². The van der Waals surface area contributed by atoms with Crippen molar-refractivity contribution in [2.75, 3.05) is 0 Å². The number of allylic oxidation sites excluding steroid dienone is 1. The lowest BCUT2D eigenvalue weighted by Gasteiger charge is -2.25. The molecule has 1 heterocycles. The summed E-state index contributed by atoms with van der Waals surface area (Å²) in [5.41, 5.74) is 0. The molecule has 0 amide bonds. The van der Waals surface area contributed by atoms with Crippen LogP contribution in [0, 0.1) is 0 Å². The first-order valence-corrected chi connectivity index (χ1v) is 8.04. The van der Waals surface area contributed by atoms with Crippen molar-refractivity contribution in [3.05, 3.63) is 40.5 Å². The van der Waals surface area contributed by atoms with E-state index >= 15 is 0 Å². The molecular formula is C14H14Cl2O4S. The van der Waals surface area contributed by atoms with Crippen molar-refractivity contribution in [1.82, 2.24) is 0 Å². The van der Waals surface area contributed by atoms with Crippen molar-refractivity contribution in [2.24, 2.45) is 0 Å². The van der Waals surface area contributed by atoms with Crippen molar-refractivity contribution in [3.63, 3.8) is 0 Å². The van der Waals surface area contributed by atoms with E-state index < -0.39 is 23.6 Å². The Balaban J connectivity index is 2.07. The van der Waals surface area contributed by atoms with Crippen LogP contribution < -0.4 is 4.74 Å². The molecule has 0 unspecified atom stereocenters. The number of rotatable bonds is 6. The Bertz CT molecular complexity index is 553. The summed E-state index contributed by atoms with van der Waals surface area (Å²) in [4.78, 5) is 11.0. The van der Waals surface area contributed by atoms with E-state index in [0.29, 0.717) is 6.42 Å². The number of hydrogen-bond acceptors (Lipinski definition) is 4. The maximum atomic E-state index is 11.0. The van der Waals surface area contributed by atoms with Crippen LogP contribution in [-0.2, 0) is 9.53 Å². The standard InChI is InChI=1S/C14H14Cl2O4S/c1-2-8(14(17)18)19-9-5-6-10(13(16)12(9)15)20-11-4-3-7-21-11/h3-8,10,13H,2H2,1H3,(H,17,18)/t8-,10+,13+/m0/s1. The fourth-order valence-electron chi connectivity index (χ4n) is 1.76. The molecule has 4 nitrogen and oxygen atoms in total. The van der Waals surface area contributed by atoms with E-state index in [2.05, 4.69) is 0 Å². The maximum absolute atomic E-state index is 11.0. The molecule has 0 fully saturated rings. The molecule has 0 bridgehead atoms. The lowest BCUT2D eigenvalue weighted by atomic mass is 10.1. The Morgan fingerprint density at radius 2 is 2.33 bits per heavy atom. The van der Waals surface area contributed by atoms with E-state index in [1.165, 1.54) is 11.3 Å². The number of ether oxygens (including phenoxy) is 2. The molecular weight excluding hydrogens is 335 g/mol. The van der Waals surface area contributed by atoms with Crippen molar-refractivity contribution in [2.45, 2.75) is 30.9 Å². The summed E-state index contributed by atoms with van der Waals surface area (Å²) in [6, 6.07) is 3.71. The van der Waals surface area contributed by atoms with E-state index in [1.807, 2.05) is 17.5 Å². The van der Waals surface area contributed by atoms with Gasteiger partial charge in [0, 0.05) is 0 Å². The molecule has 7 heteroatoms. The van der Waals surface area contributed by atoms with Gasteiger partial charge in [0.15, 0.2) is 11.2 Å². The van der Waals surface area contributed by atoms with Crippen molar-refractivity contribution < 1.29 is 19.4 Å². The number of thiophene rings is 1. The van der Waals surface area contributed by atoms with Gasteiger partial charge in [0.2, 0.25) is 0 Å². The summed E-state index contributed by atoms with van der Waals surface area (Å²) in [6.07, 6.45) is 2.28. The third kappa shape index (κ3) is 3.93. The van der Waals surface area contributed by atoms with Crippen LogP contribution in [0.25, 0.3) is 0 Å². The minimum absolute atomic E-state index is 0.250. The number of carbonyl (C=O) groups is 1. The minimum Gasteiger partial charge on any atom is -0.479 e. The zero-order valence-corrected chi connectivity index (χ0v) is 13.5. The fourth-order valence-corrected chi connectivity index (χ4v) is 2.85. The predicted octanol–water partition coefficient (Wildman–Crippen LogP) is 4.00. The number of aliphatic carboxylic acids is 1. The van der Waals surface area contributed by atoms with Crippen LogP contribution in [0.1, 0.15) is 13.3 Å². The first kappa shape index (κ1) is 16.2. The van der Waals surface area contributed by atoms with Crippen LogP contribution >= 0.6 is 34.5 Å². The van der Waals surface area contributed by atoms with E-state index in [0.717, 1.165) is 5.06 Å². The second kappa shape index (κ2) is 7.20. The number of halogens is 2. The number of hydrogen-bond donors (Lipinski definition) is 1. The lowest BCUT2D eigenvalue weighted by molar-refractivity contribution is -0.147. The molecule has 1 aromatic rings. The first-order valence-electron chi connectivity index (χ1n) is 6.34. The quantitative estimate of drug-likeness (QED) is 0.789. The van der Waals surface area contributed by atoms with Gasteiger partial charge in [0.05, 0.1) is 5.03 Å². The third-order valence-electron chi connectivity index (χ3n) is 2.87. The molecule has 0 spiro atoms. The molecule has 114 valence electrons. The average Bonchev–Trinajstić information content (AvgIpc) is 2.96. The monoisotopic (exact) mass is 348 g/mol. The molecule has 21 heavy (non-hydrogen) atoms. The first-order chi connectivity index (χ1) is 10.0. The predicted molar refractivity (Wildman–Crippen MR) is 83.2 cm³/mol. The zero-order valence-electron chi connectivity index (χ0n) is 11.2. The molecule has 0 radical (unpaired) electrons. The molecule has 2 rings (SSSR count). The topological polar surface area (TPSA) is 55.8 Å². The molecule has 0 saturated carbocycles. The Morgan fingerprint density at radius 1 is 1.57 bits per heavy atom. The van der Waals surface area contributed by atoms with Crippen LogP contribution in [0.4, 0.5) is 0 Å². The van der Waals surface area contributed by atoms with E-state index in [1.54, 1.807) is 19.1 Å². The zero-order chi connectivity index (χ0) is 15.4. The van der Waals surface area contributed by atoms with Crippen molar-refractivity contribution in [3.8, 4) is 5.06 Å². The van der Waals surface area contributed by atoms with Crippen LogP contribution in [0.3, 0.4) is 0 Å². The summed E-state index contributed by atoms with van der Waals surface area (Å²) in [6.45, 7) is 1.72. The normalized spacial score (nSPS) is 23.0. The van der Waals surface area contributed by atoms with Gasteiger partial charge in [-0.15, -0.1) is 22.9 Å². The second-order valence-electron chi connectivity index (χ2n) is 4.34. The highest BCUT2D eigenvalue weighted by Crippen LogP contribution is 2.32. The molecule has 1 N–H and O–H groups in total. The smallest absolute Gasteiger partial charge is 0.344 e. The molecule has 0 aliphatic heterocycles. The van der Waals surface area contributed by atoms with Gasteiger partial charge in [0.25, 0.3) is 0 Å². The van der Waals surface area contributed by atoms with Gasteiger partial charge in [-0.1, -0.05) is 18.5 Å². The molecule has 1 aromatic heterocycles. The van der Waals surface area contributed by atoms with Gasteiger partial charge in [-0.05, 0) is 36.1 Å². The Hall–Kier alpha value is -1.17. The summed E-state index contributed by atoms with van der Waals surface area (Å²) in [5.74, 6) is -0.761. The summed E-state index contributed by atoms with van der Waals surface area (Å²) >= 11 is 13.9. The van der Waals surface area contributed by atoms with Gasteiger partial charge in [-0.25, -0.2) is 4.79 Å². The highest BCUT2D eigenvalue weighted by molar-refractivity contribution is 7.11. The summed E-state index contributed by atoms with van der Waals surface area (Å²) in [5, 5.41) is 11.3. The summed E-state index contributed by atoms with van der Waals surface area (Å²) < 4.78 is 11.1. The van der Waals surface area contributed by atoms with E-state index in [-0.39, 0.29) is 10.8 Å². The van der Waals surface area contributed by atoms with Gasteiger partial charge in [-0.3, -0.25) is 0 Å². The van der Waals surface area contributed by atoms with Crippen LogP contribution in [-0.4, -0.2) is 28.7 Å². The van der Waals surface area contributed by atoms with Gasteiger partial charge in [0.1, 0.15) is 17.2 Å².